The zero-order valence-electron chi connectivity index (χ0n) is 16.3. The van der Waals surface area contributed by atoms with Gasteiger partial charge in [0.15, 0.2) is 11.5 Å². The fourth-order valence-corrected chi connectivity index (χ4v) is 3.08. The highest BCUT2D eigenvalue weighted by atomic mass is 16.4. The smallest absolute Gasteiger partial charge is 0.352 e. The van der Waals surface area contributed by atoms with Crippen LogP contribution in [0, 0.1) is 13.8 Å². The number of aliphatic carboxylic acids is 1. The van der Waals surface area contributed by atoms with Crippen molar-refractivity contribution in [2.24, 2.45) is 0 Å². The molecule has 0 aliphatic rings. The van der Waals surface area contributed by atoms with E-state index < -0.39 is 11.9 Å². The Hall–Kier alpha value is -4.27. The Labute approximate surface area is 171 Å². The highest BCUT2D eigenvalue weighted by Gasteiger charge is 2.18. The van der Waals surface area contributed by atoms with Gasteiger partial charge in [-0.25, -0.2) is 19.0 Å². The van der Waals surface area contributed by atoms with E-state index in [0.29, 0.717) is 34.0 Å². The maximum Gasteiger partial charge on any atom is 0.352 e. The fourth-order valence-electron chi connectivity index (χ4n) is 3.08. The van der Waals surface area contributed by atoms with Gasteiger partial charge >= 0.3 is 5.97 Å². The van der Waals surface area contributed by atoms with E-state index >= 15 is 0 Å². The first kappa shape index (κ1) is 19.1. The van der Waals surface area contributed by atoms with Gasteiger partial charge in [-0.05, 0) is 44.2 Å². The van der Waals surface area contributed by atoms with Gasteiger partial charge in [0.2, 0.25) is 0 Å². The third-order valence-electron chi connectivity index (χ3n) is 4.61. The molecule has 30 heavy (non-hydrogen) atoms. The molecule has 1 amide bonds. The average molecular weight is 402 g/mol. The number of carboxylic acid groups (broad SMARTS) is 1. The number of benzene rings is 1. The third-order valence-corrected chi connectivity index (χ3v) is 4.61. The molecule has 4 rings (SSSR count). The molecule has 4 aromatic rings. The lowest BCUT2D eigenvalue weighted by atomic mass is 10.1. The first-order valence-corrected chi connectivity index (χ1v) is 9.12. The number of carbonyl (C=O) groups is 2. The summed E-state index contributed by atoms with van der Waals surface area (Å²) in [5.41, 5.74) is 2.71. The summed E-state index contributed by atoms with van der Waals surface area (Å²) in [6.07, 6.45) is 4.79. The van der Waals surface area contributed by atoms with E-state index in [2.05, 4.69) is 20.5 Å². The monoisotopic (exact) mass is 402 g/mol. The minimum absolute atomic E-state index is 0.243. The van der Waals surface area contributed by atoms with Crippen molar-refractivity contribution in [3.63, 3.8) is 0 Å². The molecular weight excluding hydrogens is 384 g/mol. The van der Waals surface area contributed by atoms with E-state index in [4.69, 9.17) is 0 Å². The molecule has 0 spiro atoms. The Bertz CT molecular complexity index is 1290. The zero-order valence-corrected chi connectivity index (χ0v) is 16.3. The van der Waals surface area contributed by atoms with Gasteiger partial charge in [-0.15, -0.1) is 5.10 Å². The molecule has 2 N–H and O–H groups in total. The quantitative estimate of drug-likeness (QED) is 0.496. The third kappa shape index (κ3) is 3.55. The van der Waals surface area contributed by atoms with Gasteiger partial charge in [0.1, 0.15) is 5.70 Å². The lowest BCUT2D eigenvalue weighted by molar-refractivity contribution is -0.132. The summed E-state index contributed by atoms with van der Waals surface area (Å²) >= 11 is 0. The minimum Gasteiger partial charge on any atom is -0.477 e. The molecule has 9 nitrogen and oxygen atoms in total. The molecule has 0 saturated carbocycles. The summed E-state index contributed by atoms with van der Waals surface area (Å²) in [7, 11) is 0. The van der Waals surface area contributed by atoms with Crippen LogP contribution in [0.3, 0.4) is 0 Å². The molecule has 0 atom stereocenters. The molecule has 3 aromatic heterocycles. The van der Waals surface area contributed by atoms with Crippen LogP contribution < -0.4 is 5.32 Å². The molecule has 0 unspecified atom stereocenters. The number of fused-ring (bicyclic) bond motifs is 1. The molecule has 0 saturated heterocycles. The van der Waals surface area contributed by atoms with Crippen LogP contribution in [0.15, 0.2) is 60.6 Å². The van der Waals surface area contributed by atoms with Crippen LogP contribution in [0.25, 0.3) is 17.5 Å². The number of aryl methyl sites for hydroxylation is 1. The molecule has 3 heterocycles. The Morgan fingerprint density at radius 3 is 2.57 bits per heavy atom. The van der Waals surface area contributed by atoms with Crippen molar-refractivity contribution in [3.8, 4) is 5.82 Å². The SMILES string of the molecule is Cc1nn(-c2ccc3nccn3n2)c(C)c1/C=C(/NC(=O)c1ccccc1)C(=O)O. The second-order valence-corrected chi connectivity index (χ2v) is 6.60. The van der Waals surface area contributed by atoms with Crippen molar-refractivity contribution in [2.45, 2.75) is 13.8 Å². The standard InChI is InChI=1S/C21H18N6O3/c1-13-16(12-17(21(29)30)23-20(28)15-6-4-3-5-7-15)14(2)27(24-13)19-9-8-18-22-10-11-26(18)25-19/h3-12H,1-2H3,(H,23,28)(H,29,30)/b17-12+. The van der Waals surface area contributed by atoms with Crippen molar-refractivity contribution >= 4 is 23.6 Å². The van der Waals surface area contributed by atoms with E-state index in [1.165, 1.54) is 6.08 Å². The van der Waals surface area contributed by atoms with E-state index in [-0.39, 0.29) is 5.70 Å². The minimum atomic E-state index is -1.25. The number of nitrogens with one attached hydrogen (secondary N) is 1. The molecule has 0 aliphatic carbocycles. The van der Waals surface area contributed by atoms with Gasteiger partial charge in [0, 0.05) is 23.5 Å². The molecule has 0 fully saturated rings. The molecule has 9 heteroatoms. The summed E-state index contributed by atoms with van der Waals surface area (Å²) < 4.78 is 3.25. The number of carbonyl (C=O) groups excluding carboxylic acids is 1. The number of aromatic nitrogens is 5. The molecule has 150 valence electrons. The first-order chi connectivity index (χ1) is 14.4. The van der Waals surface area contributed by atoms with E-state index in [1.54, 1.807) is 64.9 Å². The second kappa shape index (κ2) is 7.63. The number of carboxylic acids is 1. The van der Waals surface area contributed by atoms with Gasteiger partial charge in [-0.3, -0.25) is 4.79 Å². The van der Waals surface area contributed by atoms with Crippen LogP contribution in [0.4, 0.5) is 0 Å². The van der Waals surface area contributed by atoms with Gasteiger partial charge in [0.25, 0.3) is 5.91 Å². The van der Waals surface area contributed by atoms with Crippen LogP contribution in [0.5, 0.6) is 0 Å². The van der Waals surface area contributed by atoms with Crippen LogP contribution >= 0.6 is 0 Å². The summed E-state index contributed by atoms with van der Waals surface area (Å²) in [5.74, 6) is -1.19. The van der Waals surface area contributed by atoms with Crippen molar-refractivity contribution in [3.05, 3.63) is 83.1 Å². The van der Waals surface area contributed by atoms with Crippen molar-refractivity contribution in [1.82, 2.24) is 29.7 Å². The first-order valence-electron chi connectivity index (χ1n) is 9.12. The number of rotatable bonds is 5. The number of hydrogen-bond donors (Lipinski definition) is 2. The molecule has 1 aromatic carbocycles. The van der Waals surface area contributed by atoms with Crippen LogP contribution in [0.2, 0.25) is 0 Å². The van der Waals surface area contributed by atoms with Crippen LogP contribution in [-0.4, -0.2) is 41.4 Å². The number of hydrogen-bond acceptors (Lipinski definition) is 5. The second-order valence-electron chi connectivity index (χ2n) is 6.60. The van der Waals surface area contributed by atoms with Crippen LogP contribution in [0.1, 0.15) is 27.3 Å². The normalized spacial score (nSPS) is 11.6. The Kier molecular flexibility index (Phi) is 4.85. The topological polar surface area (TPSA) is 114 Å². The summed E-state index contributed by atoms with van der Waals surface area (Å²) in [6, 6.07) is 12.0. The summed E-state index contributed by atoms with van der Waals surface area (Å²) in [5, 5.41) is 21.0. The zero-order chi connectivity index (χ0) is 21.3. The fraction of sp³-hybridized carbons (Fsp3) is 0.0952. The molecule has 0 radical (unpaired) electrons. The highest BCUT2D eigenvalue weighted by molar-refractivity contribution is 6.02. The molecule has 0 bridgehead atoms. The average Bonchev–Trinajstić information content (AvgIpc) is 3.32. The lowest BCUT2D eigenvalue weighted by Crippen LogP contribution is -2.27. The number of imidazole rings is 1. The van der Waals surface area contributed by atoms with Crippen molar-refractivity contribution in [2.75, 3.05) is 0 Å². The Morgan fingerprint density at radius 1 is 1.07 bits per heavy atom. The van der Waals surface area contributed by atoms with Gasteiger partial charge in [-0.2, -0.15) is 5.10 Å². The molecular formula is C21H18N6O3. The maximum absolute atomic E-state index is 12.4. The highest BCUT2D eigenvalue weighted by Crippen LogP contribution is 2.20. The van der Waals surface area contributed by atoms with Crippen molar-refractivity contribution < 1.29 is 14.7 Å². The van der Waals surface area contributed by atoms with E-state index in [0.717, 1.165) is 0 Å². The van der Waals surface area contributed by atoms with E-state index in [9.17, 15) is 14.7 Å². The summed E-state index contributed by atoms with van der Waals surface area (Å²) in [4.78, 5) is 28.3. The van der Waals surface area contributed by atoms with Crippen molar-refractivity contribution in [1.29, 1.82) is 0 Å². The van der Waals surface area contributed by atoms with Crippen LogP contribution in [-0.2, 0) is 4.79 Å². The summed E-state index contributed by atoms with van der Waals surface area (Å²) in [6.45, 7) is 3.58. The Balaban J connectivity index is 1.70. The maximum atomic E-state index is 12.4. The lowest BCUT2D eigenvalue weighted by Gasteiger charge is -2.07. The molecule has 0 aliphatic heterocycles. The van der Waals surface area contributed by atoms with Gasteiger partial charge in [-0.1, -0.05) is 18.2 Å². The predicted octanol–water partition coefficient (Wildman–Crippen LogP) is 2.39. The van der Waals surface area contributed by atoms with Gasteiger partial charge in [0.05, 0.1) is 11.4 Å². The predicted molar refractivity (Wildman–Crippen MR) is 109 cm³/mol. The number of nitrogens with zero attached hydrogens (tertiary/aromatic N) is 5. The number of amides is 1. The van der Waals surface area contributed by atoms with E-state index in [1.807, 2.05) is 13.0 Å². The van der Waals surface area contributed by atoms with Gasteiger partial charge < -0.3 is 10.4 Å². The Morgan fingerprint density at radius 2 is 1.83 bits per heavy atom. The largest absolute Gasteiger partial charge is 0.477 e.